The second-order valence-corrected chi connectivity index (χ2v) is 12.7. The van der Waals surface area contributed by atoms with Gasteiger partial charge >= 0.3 is 0 Å². The van der Waals surface area contributed by atoms with Crippen molar-refractivity contribution in [3.8, 4) is 0 Å². The van der Waals surface area contributed by atoms with Gasteiger partial charge in [-0.25, -0.2) is 12.8 Å². The van der Waals surface area contributed by atoms with E-state index in [0.717, 1.165) is 36.4 Å². The smallest absolute Gasteiger partial charge is 0.264 e. The molecule has 0 aliphatic heterocycles. The molecule has 1 N–H and O–H groups in total. The summed E-state index contributed by atoms with van der Waals surface area (Å²) in [6, 6.07) is 17.4. The van der Waals surface area contributed by atoms with Crippen molar-refractivity contribution in [3.63, 3.8) is 0 Å². The maximum absolute atomic E-state index is 14.0. The molecule has 10 heteroatoms. The Morgan fingerprint density at radius 1 is 1.00 bits per heavy atom. The molecule has 0 aromatic heterocycles. The lowest BCUT2D eigenvalue weighted by Crippen LogP contribution is -2.53. The summed E-state index contributed by atoms with van der Waals surface area (Å²) in [7, 11) is -4.17. The third kappa shape index (κ3) is 7.65. The minimum absolute atomic E-state index is 0.00279. The van der Waals surface area contributed by atoms with E-state index in [1.807, 2.05) is 0 Å². The molecule has 1 fully saturated rings. The fourth-order valence-corrected chi connectivity index (χ4v) is 6.80. The number of amides is 2. The molecule has 0 heterocycles. The van der Waals surface area contributed by atoms with Gasteiger partial charge in [0.2, 0.25) is 11.8 Å². The Morgan fingerprint density at radius 2 is 1.66 bits per heavy atom. The quantitative estimate of drug-likeness (QED) is 0.317. The normalized spacial score (nSPS) is 14.7. The molecular formula is C31H35ClFN3O4S. The molecule has 0 saturated heterocycles. The first kappa shape index (κ1) is 30.5. The van der Waals surface area contributed by atoms with Crippen LogP contribution in [0, 0.1) is 12.7 Å². The van der Waals surface area contributed by atoms with Crippen LogP contribution >= 0.6 is 11.6 Å². The summed E-state index contributed by atoms with van der Waals surface area (Å²) in [4.78, 5) is 28.8. The van der Waals surface area contributed by atoms with Gasteiger partial charge in [-0.2, -0.15) is 0 Å². The number of aryl methyl sites for hydroxylation is 1. The minimum atomic E-state index is -4.17. The van der Waals surface area contributed by atoms with E-state index in [2.05, 4.69) is 5.32 Å². The molecule has 41 heavy (non-hydrogen) atoms. The van der Waals surface area contributed by atoms with Crippen molar-refractivity contribution < 1.29 is 22.4 Å². The van der Waals surface area contributed by atoms with Crippen LogP contribution in [-0.2, 0) is 26.2 Å². The van der Waals surface area contributed by atoms with E-state index in [1.165, 1.54) is 29.2 Å². The minimum Gasteiger partial charge on any atom is -0.352 e. The number of hydrogen-bond acceptors (Lipinski definition) is 4. The lowest BCUT2D eigenvalue weighted by atomic mass is 9.95. The van der Waals surface area contributed by atoms with Crippen molar-refractivity contribution in [1.29, 1.82) is 0 Å². The topological polar surface area (TPSA) is 86.8 Å². The van der Waals surface area contributed by atoms with Crippen LogP contribution in [0.1, 0.15) is 50.2 Å². The summed E-state index contributed by atoms with van der Waals surface area (Å²) < 4.78 is 42.5. The molecule has 0 unspecified atom stereocenters. The van der Waals surface area contributed by atoms with Crippen LogP contribution in [0.3, 0.4) is 0 Å². The SMILES string of the molecule is Cc1cc(Cl)ccc1N(CC(=O)N(Cc1ccc(F)cc1)[C@@H](C)C(=O)NC1CCCCC1)S(=O)(=O)c1ccccc1. The molecule has 3 aromatic carbocycles. The lowest BCUT2D eigenvalue weighted by molar-refractivity contribution is -0.139. The highest BCUT2D eigenvalue weighted by atomic mass is 35.5. The average molecular weight is 600 g/mol. The number of benzene rings is 3. The number of anilines is 1. The van der Waals surface area contributed by atoms with Crippen molar-refractivity contribution in [2.75, 3.05) is 10.8 Å². The van der Waals surface area contributed by atoms with Gasteiger partial charge in [-0.15, -0.1) is 0 Å². The summed E-state index contributed by atoms with van der Waals surface area (Å²) in [5.41, 5.74) is 1.47. The van der Waals surface area contributed by atoms with Gasteiger partial charge < -0.3 is 10.2 Å². The fraction of sp³-hybridized carbons (Fsp3) is 0.355. The largest absolute Gasteiger partial charge is 0.352 e. The Kier molecular flexibility index (Phi) is 10.0. The third-order valence-corrected chi connectivity index (χ3v) is 9.43. The number of sulfonamides is 1. The van der Waals surface area contributed by atoms with E-state index in [4.69, 9.17) is 11.6 Å². The van der Waals surface area contributed by atoms with Gasteiger partial charge in [0.1, 0.15) is 18.4 Å². The second kappa shape index (κ2) is 13.5. The van der Waals surface area contributed by atoms with Crippen molar-refractivity contribution in [2.24, 2.45) is 0 Å². The van der Waals surface area contributed by atoms with E-state index in [1.54, 1.807) is 62.4 Å². The Morgan fingerprint density at radius 3 is 2.29 bits per heavy atom. The zero-order valence-corrected chi connectivity index (χ0v) is 24.8. The number of nitrogens with one attached hydrogen (secondary N) is 1. The van der Waals surface area contributed by atoms with Crippen LogP contribution in [0.4, 0.5) is 10.1 Å². The highest BCUT2D eigenvalue weighted by Crippen LogP contribution is 2.29. The molecule has 1 atom stereocenters. The number of rotatable bonds is 10. The summed E-state index contributed by atoms with van der Waals surface area (Å²) in [6.45, 7) is 2.79. The average Bonchev–Trinajstić information content (AvgIpc) is 2.96. The maximum atomic E-state index is 14.0. The van der Waals surface area contributed by atoms with E-state index < -0.39 is 34.3 Å². The zero-order valence-electron chi connectivity index (χ0n) is 23.2. The maximum Gasteiger partial charge on any atom is 0.264 e. The third-order valence-electron chi connectivity index (χ3n) is 7.42. The fourth-order valence-electron chi connectivity index (χ4n) is 5.07. The summed E-state index contributed by atoms with van der Waals surface area (Å²) >= 11 is 6.15. The molecule has 3 aromatic rings. The molecule has 0 bridgehead atoms. The van der Waals surface area contributed by atoms with Gasteiger partial charge in [0, 0.05) is 17.6 Å². The van der Waals surface area contributed by atoms with E-state index in [0.29, 0.717) is 21.8 Å². The van der Waals surface area contributed by atoms with Crippen LogP contribution < -0.4 is 9.62 Å². The van der Waals surface area contributed by atoms with Gasteiger partial charge in [0.25, 0.3) is 10.0 Å². The number of carbonyl (C=O) groups is 2. The first-order valence-corrected chi connectivity index (χ1v) is 15.6. The number of halogens is 2. The Labute approximate surface area is 246 Å². The van der Waals surface area contributed by atoms with Gasteiger partial charge in [-0.1, -0.05) is 61.2 Å². The molecular weight excluding hydrogens is 565 g/mol. The van der Waals surface area contributed by atoms with Crippen LogP contribution in [0.15, 0.2) is 77.7 Å². The van der Waals surface area contributed by atoms with Crippen molar-refractivity contribution in [3.05, 3.63) is 94.8 Å². The molecule has 0 radical (unpaired) electrons. The van der Waals surface area contributed by atoms with Crippen LogP contribution in [0.5, 0.6) is 0 Å². The molecule has 0 spiro atoms. The van der Waals surface area contributed by atoms with Gasteiger partial charge in [-0.05, 0) is 80.3 Å². The monoisotopic (exact) mass is 599 g/mol. The molecule has 1 aliphatic rings. The van der Waals surface area contributed by atoms with Crippen molar-refractivity contribution >= 4 is 39.1 Å². The second-order valence-electron chi connectivity index (χ2n) is 10.4. The Balaban J connectivity index is 1.69. The van der Waals surface area contributed by atoms with Crippen molar-refractivity contribution in [2.45, 2.75) is 69.5 Å². The standard InChI is InChI=1S/C31H35ClFN3O4S/c1-22-19-25(32)15-18-29(22)36(41(39,40)28-11-7-4-8-12-28)21-30(37)35(20-24-13-16-26(33)17-14-24)23(2)31(38)34-27-9-5-3-6-10-27/h4,7-8,11-19,23,27H,3,5-6,9-10,20-21H2,1-2H3,(H,34,38)/t23-/m0/s1. The highest BCUT2D eigenvalue weighted by molar-refractivity contribution is 7.92. The molecule has 2 amide bonds. The van der Waals surface area contributed by atoms with E-state index >= 15 is 0 Å². The number of carbonyl (C=O) groups excluding carboxylic acids is 2. The van der Waals surface area contributed by atoms with Gasteiger partial charge in [-0.3, -0.25) is 13.9 Å². The number of hydrogen-bond donors (Lipinski definition) is 1. The van der Waals surface area contributed by atoms with Crippen LogP contribution in [0.25, 0.3) is 0 Å². The summed E-state index contributed by atoms with van der Waals surface area (Å²) in [5, 5.41) is 3.50. The van der Waals surface area contributed by atoms with E-state index in [-0.39, 0.29) is 23.4 Å². The molecule has 1 aliphatic carbocycles. The molecule has 7 nitrogen and oxygen atoms in total. The molecule has 1 saturated carbocycles. The summed E-state index contributed by atoms with van der Waals surface area (Å²) in [6.07, 6.45) is 4.95. The van der Waals surface area contributed by atoms with Gasteiger partial charge in [0.15, 0.2) is 0 Å². The van der Waals surface area contributed by atoms with Crippen molar-refractivity contribution in [1.82, 2.24) is 10.2 Å². The molecule has 4 rings (SSSR count). The Bertz CT molecular complexity index is 1460. The first-order chi connectivity index (χ1) is 19.6. The first-order valence-electron chi connectivity index (χ1n) is 13.7. The highest BCUT2D eigenvalue weighted by Gasteiger charge is 2.33. The zero-order chi connectivity index (χ0) is 29.6. The van der Waals surface area contributed by atoms with Gasteiger partial charge in [0.05, 0.1) is 10.6 Å². The van der Waals surface area contributed by atoms with Crippen LogP contribution in [0.2, 0.25) is 5.02 Å². The molecule has 218 valence electrons. The predicted octanol–water partition coefficient (Wildman–Crippen LogP) is 5.85. The lowest BCUT2D eigenvalue weighted by Gasteiger charge is -2.33. The van der Waals surface area contributed by atoms with Crippen LogP contribution in [-0.4, -0.2) is 43.8 Å². The Hall–Kier alpha value is -3.43. The van der Waals surface area contributed by atoms with E-state index in [9.17, 15) is 22.4 Å². The predicted molar refractivity (Wildman–Crippen MR) is 159 cm³/mol. The summed E-state index contributed by atoms with van der Waals surface area (Å²) in [5.74, 6) is -1.31. The number of nitrogens with zero attached hydrogens (tertiary/aromatic N) is 2.